The van der Waals surface area contributed by atoms with Gasteiger partial charge in [-0.1, -0.05) is 0 Å². The average Bonchev–Trinajstić information content (AvgIpc) is 2.76. The number of carbonyl (C=O) groups excluding carboxylic acids is 3. The number of esters is 2. The Morgan fingerprint density at radius 3 is 2.33 bits per heavy atom. The van der Waals surface area contributed by atoms with Crippen LogP contribution in [0.5, 0.6) is 0 Å². The molecule has 0 amide bonds. The lowest BCUT2D eigenvalue weighted by Crippen LogP contribution is -2.45. The minimum absolute atomic E-state index is 0.0764. The molecule has 0 spiro atoms. The van der Waals surface area contributed by atoms with Crippen molar-refractivity contribution in [1.82, 2.24) is 4.90 Å². The molecule has 2 rings (SSSR count). The van der Waals surface area contributed by atoms with E-state index in [9.17, 15) is 27.6 Å². The van der Waals surface area contributed by atoms with Gasteiger partial charge in [-0.3, -0.25) is 19.4 Å². The maximum atomic E-state index is 14.9. The van der Waals surface area contributed by atoms with Crippen LogP contribution < -0.4 is 4.90 Å². The Labute approximate surface area is 190 Å². The Bertz CT molecular complexity index is 917. The molecule has 0 radical (unpaired) electrons. The van der Waals surface area contributed by atoms with Gasteiger partial charge in [-0.2, -0.15) is 0 Å². The first-order chi connectivity index (χ1) is 15.6. The summed E-state index contributed by atoms with van der Waals surface area (Å²) in [6, 6.07) is -0.0342. The van der Waals surface area contributed by atoms with Crippen molar-refractivity contribution in [2.75, 3.05) is 51.3 Å². The molecule has 33 heavy (non-hydrogen) atoms. The molecule has 1 saturated heterocycles. The molecule has 11 heteroatoms. The summed E-state index contributed by atoms with van der Waals surface area (Å²) >= 11 is 0. The second-order valence-electron chi connectivity index (χ2n) is 7.72. The molecule has 1 aliphatic rings. The van der Waals surface area contributed by atoms with Crippen LogP contribution in [-0.4, -0.2) is 81.3 Å². The smallest absolute Gasteiger partial charge is 0.322 e. The van der Waals surface area contributed by atoms with Gasteiger partial charge in [-0.25, -0.2) is 13.2 Å². The molecule has 8 nitrogen and oxygen atoms in total. The van der Waals surface area contributed by atoms with Gasteiger partial charge in [0.25, 0.3) is 0 Å². The molecular weight excluding hydrogens is 443 g/mol. The molecule has 1 aromatic rings. The van der Waals surface area contributed by atoms with E-state index in [4.69, 9.17) is 9.47 Å². The van der Waals surface area contributed by atoms with E-state index in [0.29, 0.717) is 19.2 Å². The van der Waals surface area contributed by atoms with Crippen LogP contribution in [0.1, 0.15) is 31.1 Å². The van der Waals surface area contributed by atoms with Gasteiger partial charge in [0.15, 0.2) is 23.3 Å². The molecule has 0 N–H and O–H groups in total. The number of piperazine rings is 1. The number of ether oxygens (including phenoxy) is 2. The number of aliphatic imine (C=N–C) groups is 1. The highest BCUT2D eigenvalue weighted by Crippen LogP contribution is 2.30. The van der Waals surface area contributed by atoms with Crippen molar-refractivity contribution in [2.45, 2.75) is 26.8 Å². The largest absolute Gasteiger partial charge is 0.465 e. The first-order valence-corrected chi connectivity index (χ1v) is 10.5. The third-order valence-corrected chi connectivity index (χ3v) is 5.06. The lowest BCUT2D eigenvalue weighted by molar-refractivity contribution is -0.144. The van der Waals surface area contributed by atoms with Crippen LogP contribution in [0.25, 0.3) is 0 Å². The summed E-state index contributed by atoms with van der Waals surface area (Å²) in [4.78, 5) is 43.5. The van der Waals surface area contributed by atoms with Crippen molar-refractivity contribution < 1.29 is 37.0 Å². The second-order valence-corrected chi connectivity index (χ2v) is 7.72. The number of ketones is 1. The van der Waals surface area contributed by atoms with Crippen LogP contribution in [0, 0.1) is 23.4 Å². The van der Waals surface area contributed by atoms with Crippen molar-refractivity contribution in [3.05, 3.63) is 29.1 Å². The molecule has 0 aromatic heterocycles. The van der Waals surface area contributed by atoms with Crippen LogP contribution in [0.3, 0.4) is 0 Å². The lowest BCUT2D eigenvalue weighted by atomic mass is 9.97. The van der Waals surface area contributed by atoms with Gasteiger partial charge in [0.05, 0.1) is 18.2 Å². The van der Waals surface area contributed by atoms with Gasteiger partial charge in [0, 0.05) is 39.3 Å². The molecular formula is C22H28F3N3O5. The number of hydrogen-bond donors (Lipinski definition) is 0. The summed E-state index contributed by atoms with van der Waals surface area (Å²) in [5, 5.41) is 0. The summed E-state index contributed by atoms with van der Waals surface area (Å²) < 4.78 is 54.2. The zero-order valence-electron chi connectivity index (χ0n) is 19.1. The van der Waals surface area contributed by atoms with Crippen LogP contribution in [0.4, 0.5) is 18.9 Å². The molecule has 1 heterocycles. The fourth-order valence-electron chi connectivity index (χ4n) is 3.23. The SMILES string of the molecule is CCOC(=O)C(C=NC(C)COC(C)=O)C(=O)c1cc(F)c(N2CCN(C)CC2)c(F)c1F. The molecule has 2 unspecified atom stereocenters. The highest BCUT2D eigenvalue weighted by atomic mass is 19.2. The van der Waals surface area contributed by atoms with Crippen LogP contribution in [0.2, 0.25) is 0 Å². The van der Waals surface area contributed by atoms with Crippen LogP contribution >= 0.6 is 0 Å². The number of carbonyl (C=O) groups is 3. The van der Waals surface area contributed by atoms with E-state index < -0.39 is 58.4 Å². The van der Waals surface area contributed by atoms with Crippen molar-refractivity contribution in [1.29, 1.82) is 0 Å². The average molecular weight is 471 g/mol. The predicted octanol–water partition coefficient (Wildman–Crippen LogP) is 2.24. The van der Waals surface area contributed by atoms with Crippen molar-refractivity contribution in [3.63, 3.8) is 0 Å². The Balaban J connectivity index is 2.35. The van der Waals surface area contributed by atoms with E-state index in [2.05, 4.69) is 4.99 Å². The summed E-state index contributed by atoms with van der Waals surface area (Å²) in [7, 11) is 1.86. The topological polar surface area (TPSA) is 88.5 Å². The van der Waals surface area contributed by atoms with Gasteiger partial charge in [-0.15, -0.1) is 0 Å². The van der Waals surface area contributed by atoms with E-state index in [1.165, 1.54) is 18.7 Å². The highest BCUT2D eigenvalue weighted by molar-refractivity contribution is 6.18. The first-order valence-electron chi connectivity index (χ1n) is 10.5. The molecule has 1 aromatic carbocycles. The number of benzene rings is 1. The standard InChI is InChI=1S/C22H28F3N3O5/c1-5-32-22(31)16(11-26-13(2)12-33-14(3)29)21(30)15-10-17(23)20(19(25)18(15)24)28-8-6-27(4)7-9-28/h10-11,13,16H,5-9,12H2,1-4H3. The summed E-state index contributed by atoms with van der Waals surface area (Å²) in [6.45, 7) is 5.72. The number of nitrogens with zero attached hydrogens (tertiary/aromatic N) is 3. The summed E-state index contributed by atoms with van der Waals surface area (Å²) in [6.07, 6.45) is 0.915. The van der Waals surface area contributed by atoms with Gasteiger partial charge >= 0.3 is 11.9 Å². The fourth-order valence-corrected chi connectivity index (χ4v) is 3.23. The monoisotopic (exact) mass is 471 g/mol. The van der Waals surface area contributed by atoms with Crippen molar-refractivity contribution in [2.24, 2.45) is 10.9 Å². The van der Waals surface area contributed by atoms with Crippen molar-refractivity contribution in [3.8, 4) is 0 Å². The van der Waals surface area contributed by atoms with Crippen LogP contribution in [-0.2, 0) is 19.1 Å². The van der Waals surface area contributed by atoms with E-state index in [1.807, 2.05) is 11.9 Å². The van der Waals surface area contributed by atoms with Gasteiger partial charge in [-0.05, 0) is 27.0 Å². The predicted molar refractivity (Wildman–Crippen MR) is 115 cm³/mol. The molecule has 182 valence electrons. The Morgan fingerprint density at radius 1 is 1.12 bits per heavy atom. The number of halogens is 3. The molecule has 0 bridgehead atoms. The summed E-state index contributed by atoms with van der Waals surface area (Å²) in [5.74, 6) is -8.66. The molecule has 1 fully saturated rings. The Morgan fingerprint density at radius 2 is 1.76 bits per heavy atom. The molecule has 0 aliphatic carbocycles. The van der Waals surface area contributed by atoms with Crippen molar-refractivity contribution >= 4 is 29.6 Å². The third kappa shape index (κ3) is 6.77. The Kier molecular flexibility index (Phi) is 9.39. The number of Topliss-reactive ketones (excluding diaryl/α,β-unsaturated/α-hetero) is 1. The minimum atomic E-state index is -1.73. The quantitative estimate of drug-likeness (QED) is 0.179. The highest BCUT2D eigenvalue weighted by Gasteiger charge is 2.33. The van der Waals surface area contributed by atoms with Gasteiger partial charge in [0.2, 0.25) is 0 Å². The van der Waals surface area contributed by atoms with E-state index >= 15 is 0 Å². The number of anilines is 1. The van der Waals surface area contributed by atoms with E-state index in [1.54, 1.807) is 6.92 Å². The van der Waals surface area contributed by atoms with E-state index in [0.717, 1.165) is 6.21 Å². The molecule has 0 saturated carbocycles. The lowest BCUT2D eigenvalue weighted by Gasteiger charge is -2.34. The fraction of sp³-hybridized carbons (Fsp3) is 0.545. The van der Waals surface area contributed by atoms with Crippen LogP contribution in [0.15, 0.2) is 11.1 Å². The number of likely N-dealkylation sites (N-methyl/N-ethyl adjacent to an activating group) is 1. The number of rotatable bonds is 9. The Hall–Kier alpha value is -2.95. The maximum Gasteiger partial charge on any atom is 0.322 e. The zero-order valence-corrected chi connectivity index (χ0v) is 19.1. The molecule has 1 aliphatic heterocycles. The first kappa shape index (κ1) is 26.3. The normalized spacial score (nSPS) is 16.5. The maximum absolute atomic E-state index is 14.9. The minimum Gasteiger partial charge on any atom is -0.465 e. The molecule has 2 atom stereocenters. The third-order valence-electron chi connectivity index (χ3n) is 5.06. The second kappa shape index (κ2) is 11.8. The summed E-state index contributed by atoms with van der Waals surface area (Å²) in [5.41, 5.74) is -1.46. The van der Waals surface area contributed by atoms with E-state index in [-0.39, 0.29) is 26.3 Å². The number of hydrogen-bond acceptors (Lipinski definition) is 8. The van der Waals surface area contributed by atoms with Gasteiger partial charge in [0.1, 0.15) is 18.1 Å². The zero-order chi connectivity index (χ0) is 24.7. The van der Waals surface area contributed by atoms with Gasteiger partial charge < -0.3 is 19.3 Å².